The lowest BCUT2D eigenvalue weighted by molar-refractivity contribution is -0.138. The van der Waals surface area contributed by atoms with Crippen LogP contribution in [0, 0.1) is 0 Å². The van der Waals surface area contributed by atoms with E-state index in [9.17, 15) is 18.0 Å². The van der Waals surface area contributed by atoms with Gasteiger partial charge in [0.05, 0.1) is 15.8 Å². The molecule has 1 aromatic heterocycles. The Morgan fingerprint density at radius 1 is 1.00 bits per heavy atom. The smallest absolute Gasteiger partial charge is 0.418 e. The number of anilines is 1. The molecule has 4 rings (SSSR count). The summed E-state index contributed by atoms with van der Waals surface area (Å²) in [6, 6.07) is 18.9. The summed E-state index contributed by atoms with van der Waals surface area (Å²) in [5.41, 5.74) is -0.0640. The molecular weight excluding hydrogens is 441 g/mol. The number of benzene rings is 3. The van der Waals surface area contributed by atoms with Crippen molar-refractivity contribution in [3.05, 3.63) is 83.9 Å². The van der Waals surface area contributed by atoms with Gasteiger partial charge in [-0.3, -0.25) is 5.32 Å². The summed E-state index contributed by atoms with van der Waals surface area (Å²) in [4.78, 5) is 16.4. The van der Waals surface area contributed by atoms with E-state index in [0.29, 0.717) is 26.8 Å². The largest absolute Gasteiger partial charge is 0.486 e. The summed E-state index contributed by atoms with van der Waals surface area (Å²) >= 11 is 1.20. The molecule has 32 heavy (non-hydrogen) atoms. The van der Waals surface area contributed by atoms with Gasteiger partial charge in [0.15, 0.2) is 5.13 Å². The molecule has 5 nitrogen and oxygen atoms in total. The molecule has 1 atom stereocenters. The predicted octanol–water partition coefficient (Wildman–Crippen LogP) is 7.07. The molecule has 0 spiro atoms. The number of rotatable bonds is 5. The highest BCUT2D eigenvalue weighted by molar-refractivity contribution is 7.22. The molecule has 0 radical (unpaired) electrons. The molecule has 0 saturated carbocycles. The van der Waals surface area contributed by atoms with E-state index in [1.54, 1.807) is 61.5 Å². The molecule has 1 unspecified atom stereocenters. The lowest BCUT2D eigenvalue weighted by Crippen LogP contribution is -2.16. The number of thiazole rings is 1. The van der Waals surface area contributed by atoms with Crippen molar-refractivity contribution in [3.8, 4) is 11.5 Å². The van der Waals surface area contributed by atoms with Crippen molar-refractivity contribution in [1.82, 2.24) is 4.98 Å². The monoisotopic (exact) mass is 458 g/mol. The highest BCUT2D eigenvalue weighted by Crippen LogP contribution is 2.37. The molecule has 1 N–H and O–H groups in total. The topological polar surface area (TPSA) is 60.5 Å². The van der Waals surface area contributed by atoms with E-state index < -0.39 is 23.9 Å². The maximum Gasteiger partial charge on any atom is 0.418 e. The maximum absolute atomic E-state index is 13.3. The van der Waals surface area contributed by atoms with E-state index in [1.807, 2.05) is 0 Å². The van der Waals surface area contributed by atoms with E-state index in [-0.39, 0.29) is 5.56 Å². The van der Waals surface area contributed by atoms with Gasteiger partial charge < -0.3 is 9.47 Å². The van der Waals surface area contributed by atoms with Gasteiger partial charge in [-0.15, -0.1) is 0 Å². The minimum atomic E-state index is -4.47. The van der Waals surface area contributed by atoms with Gasteiger partial charge in [-0.1, -0.05) is 47.7 Å². The van der Waals surface area contributed by atoms with E-state index in [2.05, 4.69) is 10.3 Å². The standard InChI is InChI=1S/C23H17F3N2O3S/c1-14(17-9-5-6-10-18(17)23(24,25)26)30-16-11-12-19-20(13-16)32-21(27-19)28-22(29)31-15-7-3-2-4-8-15/h2-14H,1H3,(H,27,28,29). The number of aromatic nitrogens is 1. The zero-order chi connectivity index (χ0) is 22.7. The Kier molecular flexibility index (Phi) is 6.00. The van der Waals surface area contributed by atoms with Gasteiger partial charge in [-0.2, -0.15) is 13.2 Å². The van der Waals surface area contributed by atoms with Crippen molar-refractivity contribution in [3.63, 3.8) is 0 Å². The van der Waals surface area contributed by atoms with Crippen molar-refractivity contribution < 1.29 is 27.4 Å². The number of hydrogen-bond donors (Lipinski definition) is 1. The Morgan fingerprint density at radius 3 is 2.47 bits per heavy atom. The van der Waals surface area contributed by atoms with Crippen LogP contribution in [-0.2, 0) is 6.18 Å². The highest BCUT2D eigenvalue weighted by Gasteiger charge is 2.34. The molecule has 1 heterocycles. The number of amides is 1. The Balaban J connectivity index is 1.48. The number of ether oxygens (including phenoxy) is 2. The first-order valence-corrected chi connectivity index (χ1v) is 10.4. The highest BCUT2D eigenvalue weighted by atomic mass is 32.1. The molecule has 0 saturated heterocycles. The number of alkyl halides is 3. The number of halogens is 3. The Morgan fingerprint density at radius 2 is 1.72 bits per heavy atom. The van der Waals surface area contributed by atoms with Crippen LogP contribution >= 0.6 is 11.3 Å². The van der Waals surface area contributed by atoms with E-state index in [4.69, 9.17) is 9.47 Å². The molecule has 164 valence electrons. The van der Waals surface area contributed by atoms with Crippen LogP contribution in [-0.4, -0.2) is 11.1 Å². The maximum atomic E-state index is 13.3. The van der Waals surface area contributed by atoms with Crippen molar-refractivity contribution >= 4 is 32.8 Å². The van der Waals surface area contributed by atoms with Crippen LogP contribution in [0.25, 0.3) is 10.2 Å². The predicted molar refractivity (Wildman–Crippen MR) is 116 cm³/mol. The number of carbonyl (C=O) groups is 1. The van der Waals surface area contributed by atoms with Crippen molar-refractivity contribution in [2.75, 3.05) is 5.32 Å². The number of nitrogens with one attached hydrogen (secondary N) is 1. The number of nitrogens with zero attached hydrogens (tertiary/aromatic N) is 1. The van der Waals surface area contributed by atoms with Crippen molar-refractivity contribution in [2.45, 2.75) is 19.2 Å². The van der Waals surface area contributed by atoms with Crippen LogP contribution in [0.4, 0.5) is 23.1 Å². The van der Waals surface area contributed by atoms with Crippen LogP contribution in [0.3, 0.4) is 0 Å². The van der Waals surface area contributed by atoms with Gasteiger partial charge in [-0.25, -0.2) is 9.78 Å². The number of para-hydroxylation sites is 1. The number of carbonyl (C=O) groups excluding carboxylic acids is 1. The molecule has 9 heteroatoms. The first kappa shape index (κ1) is 21.6. The van der Waals surface area contributed by atoms with Gasteiger partial charge >= 0.3 is 12.3 Å². The fourth-order valence-electron chi connectivity index (χ4n) is 3.12. The van der Waals surface area contributed by atoms with Crippen LogP contribution in [0.2, 0.25) is 0 Å². The Labute approximate surface area is 185 Å². The Hall–Kier alpha value is -3.59. The van der Waals surface area contributed by atoms with Crippen LogP contribution < -0.4 is 14.8 Å². The molecule has 0 aliphatic carbocycles. The number of fused-ring (bicyclic) bond motifs is 1. The lowest BCUT2D eigenvalue weighted by Gasteiger charge is -2.19. The van der Waals surface area contributed by atoms with Gasteiger partial charge in [0.2, 0.25) is 0 Å². The molecule has 0 bridgehead atoms. The van der Waals surface area contributed by atoms with Gasteiger partial charge in [0.1, 0.15) is 17.6 Å². The quantitative estimate of drug-likeness (QED) is 0.348. The second-order valence-corrected chi connectivity index (χ2v) is 7.85. The minimum absolute atomic E-state index is 0.0513. The fraction of sp³-hybridized carbons (Fsp3) is 0.130. The summed E-state index contributed by atoms with van der Waals surface area (Å²) in [5.74, 6) is 0.791. The van der Waals surface area contributed by atoms with Crippen molar-refractivity contribution in [2.24, 2.45) is 0 Å². The van der Waals surface area contributed by atoms with Crippen LogP contribution in [0.15, 0.2) is 72.8 Å². The Bertz CT molecular complexity index is 1240. The second-order valence-electron chi connectivity index (χ2n) is 6.82. The summed E-state index contributed by atoms with van der Waals surface area (Å²) in [7, 11) is 0. The zero-order valence-corrected chi connectivity index (χ0v) is 17.5. The molecule has 0 aliphatic heterocycles. The average Bonchev–Trinajstić information content (AvgIpc) is 3.15. The fourth-order valence-corrected chi connectivity index (χ4v) is 4.00. The molecule has 1 amide bonds. The zero-order valence-electron chi connectivity index (χ0n) is 16.7. The number of hydrogen-bond acceptors (Lipinski definition) is 5. The van der Waals surface area contributed by atoms with Crippen LogP contribution in [0.1, 0.15) is 24.2 Å². The molecule has 0 fully saturated rings. The third-order valence-electron chi connectivity index (χ3n) is 4.54. The van der Waals surface area contributed by atoms with Gasteiger partial charge in [0.25, 0.3) is 0 Å². The summed E-state index contributed by atoms with van der Waals surface area (Å²) in [6.45, 7) is 1.56. The normalized spacial score (nSPS) is 12.4. The minimum Gasteiger partial charge on any atom is -0.486 e. The van der Waals surface area contributed by atoms with E-state index in [1.165, 1.54) is 23.5 Å². The van der Waals surface area contributed by atoms with Crippen LogP contribution in [0.5, 0.6) is 11.5 Å². The molecule has 3 aromatic carbocycles. The van der Waals surface area contributed by atoms with Gasteiger partial charge in [-0.05, 0) is 43.3 Å². The van der Waals surface area contributed by atoms with Gasteiger partial charge in [0, 0.05) is 5.56 Å². The summed E-state index contributed by atoms with van der Waals surface area (Å²) in [6.07, 6.45) is -5.97. The molecule has 0 aliphatic rings. The summed E-state index contributed by atoms with van der Waals surface area (Å²) in [5, 5.41) is 2.90. The van der Waals surface area contributed by atoms with E-state index in [0.717, 1.165) is 6.07 Å². The molecular formula is C23H17F3N2O3S. The third kappa shape index (κ3) is 5.00. The SMILES string of the molecule is CC(Oc1ccc2nc(NC(=O)Oc3ccccc3)sc2c1)c1ccccc1C(F)(F)F. The average molecular weight is 458 g/mol. The first-order valence-electron chi connectivity index (χ1n) is 9.57. The van der Waals surface area contributed by atoms with E-state index >= 15 is 0 Å². The first-order chi connectivity index (χ1) is 15.3. The molecule has 4 aromatic rings. The summed E-state index contributed by atoms with van der Waals surface area (Å²) < 4.78 is 51.5. The van der Waals surface area contributed by atoms with Crippen molar-refractivity contribution in [1.29, 1.82) is 0 Å². The lowest BCUT2D eigenvalue weighted by atomic mass is 10.0. The third-order valence-corrected chi connectivity index (χ3v) is 5.47. The second kappa shape index (κ2) is 8.88.